The lowest BCUT2D eigenvalue weighted by Crippen LogP contribution is -2.45. The fraction of sp³-hybridized carbons (Fsp3) is 0.545. The molecule has 2 rings (SSSR count). The summed E-state index contributed by atoms with van der Waals surface area (Å²) in [5, 5.41) is 8.86. The molecule has 110 valence electrons. The van der Waals surface area contributed by atoms with Crippen LogP contribution in [0.25, 0.3) is 0 Å². The molecule has 2 N–H and O–H groups in total. The predicted octanol–water partition coefficient (Wildman–Crippen LogP) is 1.52. The van der Waals surface area contributed by atoms with E-state index in [9.17, 15) is 22.8 Å². The van der Waals surface area contributed by atoms with Crippen LogP contribution in [0.2, 0.25) is 0 Å². The Morgan fingerprint density at radius 3 is 2.75 bits per heavy atom. The molecule has 1 saturated heterocycles. The first kappa shape index (κ1) is 14.4. The van der Waals surface area contributed by atoms with Gasteiger partial charge in [0.2, 0.25) is 0 Å². The Morgan fingerprint density at radius 2 is 2.15 bits per heavy atom. The molecule has 0 radical (unpaired) electrons. The van der Waals surface area contributed by atoms with Crippen molar-refractivity contribution in [3.8, 4) is 0 Å². The second-order valence-electron chi connectivity index (χ2n) is 4.56. The van der Waals surface area contributed by atoms with E-state index >= 15 is 0 Å². The zero-order chi connectivity index (χ0) is 14.9. The molecule has 1 aliphatic rings. The topological polar surface area (TPSA) is 86.3 Å². The molecule has 1 unspecified atom stereocenters. The SMILES string of the molecule is O=C(O)c1[nH]cnc1C(=O)N1CCCC(C(F)(F)F)C1. The largest absolute Gasteiger partial charge is 0.477 e. The van der Waals surface area contributed by atoms with Gasteiger partial charge in [-0.05, 0) is 12.8 Å². The summed E-state index contributed by atoms with van der Waals surface area (Å²) in [6, 6.07) is 0. The monoisotopic (exact) mass is 291 g/mol. The molecule has 9 heteroatoms. The summed E-state index contributed by atoms with van der Waals surface area (Å²) in [5.74, 6) is -3.75. The van der Waals surface area contributed by atoms with E-state index in [4.69, 9.17) is 5.11 Å². The van der Waals surface area contributed by atoms with Crippen LogP contribution in [-0.2, 0) is 0 Å². The summed E-state index contributed by atoms with van der Waals surface area (Å²) in [6.45, 7) is -0.300. The number of imidazole rings is 1. The normalized spacial score (nSPS) is 19.9. The molecule has 1 aliphatic heterocycles. The van der Waals surface area contributed by atoms with Gasteiger partial charge in [0.05, 0.1) is 12.2 Å². The Kier molecular flexibility index (Phi) is 3.69. The molecule has 2 heterocycles. The first-order chi connectivity index (χ1) is 9.30. The lowest BCUT2D eigenvalue weighted by molar-refractivity contribution is -0.184. The molecule has 0 spiro atoms. The molecule has 0 aliphatic carbocycles. The van der Waals surface area contributed by atoms with Crippen LogP contribution in [0.15, 0.2) is 6.33 Å². The zero-order valence-corrected chi connectivity index (χ0v) is 10.3. The molecule has 1 atom stereocenters. The number of aromatic carboxylic acids is 1. The minimum absolute atomic E-state index is 0.0281. The van der Waals surface area contributed by atoms with E-state index in [1.165, 1.54) is 0 Å². The van der Waals surface area contributed by atoms with Crippen molar-refractivity contribution in [3.63, 3.8) is 0 Å². The van der Waals surface area contributed by atoms with Gasteiger partial charge in [-0.2, -0.15) is 13.2 Å². The minimum atomic E-state index is -4.36. The Morgan fingerprint density at radius 1 is 1.45 bits per heavy atom. The molecule has 0 aromatic carbocycles. The Labute approximate surface area is 111 Å². The van der Waals surface area contributed by atoms with E-state index in [0.29, 0.717) is 0 Å². The number of aromatic nitrogens is 2. The van der Waals surface area contributed by atoms with E-state index in [1.54, 1.807) is 0 Å². The highest BCUT2D eigenvalue weighted by molar-refractivity contribution is 6.02. The number of halogens is 3. The number of amides is 1. The molecule has 1 aromatic heterocycles. The highest BCUT2D eigenvalue weighted by atomic mass is 19.4. The molecule has 6 nitrogen and oxygen atoms in total. The van der Waals surface area contributed by atoms with Crippen LogP contribution in [0.5, 0.6) is 0 Å². The van der Waals surface area contributed by atoms with E-state index < -0.39 is 36.2 Å². The number of alkyl halides is 3. The third-order valence-electron chi connectivity index (χ3n) is 3.23. The van der Waals surface area contributed by atoms with E-state index in [1.807, 2.05) is 0 Å². The molecular formula is C11H12F3N3O3. The van der Waals surface area contributed by atoms with Gasteiger partial charge in [-0.1, -0.05) is 0 Å². The fourth-order valence-electron chi connectivity index (χ4n) is 2.20. The summed E-state index contributed by atoms with van der Waals surface area (Å²) in [6.07, 6.45) is -3.13. The van der Waals surface area contributed by atoms with Crippen LogP contribution >= 0.6 is 0 Å². The van der Waals surface area contributed by atoms with Crippen LogP contribution in [0.1, 0.15) is 33.8 Å². The van der Waals surface area contributed by atoms with Gasteiger partial charge < -0.3 is 15.0 Å². The summed E-state index contributed by atoms with van der Waals surface area (Å²) in [4.78, 5) is 29.8. The number of nitrogens with zero attached hydrogens (tertiary/aromatic N) is 2. The summed E-state index contributed by atoms with van der Waals surface area (Å²) in [5.41, 5.74) is -0.774. The number of rotatable bonds is 2. The lowest BCUT2D eigenvalue weighted by atomic mass is 9.97. The summed E-state index contributed by atoms with van der Waals surface area (Å²) < 4.78 is 38.0. The number of H-pyrrole nitrogens is 1. The van der Waals surface area contributed by atoms with Gasteiger partial charge in [-0.25, -0.2) is 9.78 Å². The molecule has 1 fully saturated rings. The van der Waals surface area contributed by atoms with Crippen molar-refractivity contribution >= 4 is 11.9 Å². The van der Waals surface area contributed by atoms with E-state index in [2.05, 4.69) is 9.97 Å². The van der Waals surface area contributed by atoms with Gasteiger partial charge in [-0.3, -0.25) is 4.79 Å². The molecule has 0 bridgehead atoms. The second-order valence-corrected chi connectivity index (χ2v) is 4.56. The predicted molar refractivity (Wildman–Crippen MR) is 60.2 cm³/mol. The van der Waals surface area contributed by atoms with Crippen molar-refractivity contribution in [2.75, 3.05) is 13.1 Å². The maximum atomic E-state index is 12.7. The highest BCUT2D eigenvalue weighted by Gasteiger charge is 2.43. The van der Waals surface area contributed by atoms with Crippen molar-refractivity contribution in [2.24, 2.45) is 5.92 Å². The van der Waals surface area contributed by atoms with Crippen LogP contribution in [-0.4, -0.2) is 51.1 Å². The number of carboxylic acid groups (broad SMARTS) is 1. The van der Waals surface area contributed by atoms with Gasteiger partial charge in [-0.15, -0.1) is 0 Å². The van der Waals surface area contributed by atoms with E-state index in [0.717, 1.165) is 11.2 Å². The van der Waals surface area contributed by atoms with Gasteiger partial charge >= 0.3 is 12.1 Å². The maximum absolute atomic E-state index is 12.7. The molecule has 1 amide bonds. The maximum Gasteiger partial charge on any atom is 0.393 e. The second kappa shape index (κ2) is 5.14. The van der Waals surface area contributed by atoms with Crippen LogP contribution in [0.4, 0.5) is 13.2 Å². The standard InChI is InChI=1S/C11H12F3N3O3/c12-11(13,14)6-2-1-3-17(4-6)9(18)7-8(10(19)20)16-5-15-7/h5-6H,1-4H2,(H,15,16)(H,19,20). The fourth-order valence-corrected chi connectivity index (χ4v) is 2.20. The number of hydrogen-bond donors (Lipinski definition) is 2. The number of nitrogens with one attached hydrogen (secondary N) is 1. The molecule has 1 aromatic rings. The van der Waals surface area contributed by atoms with Gasteiger partial charge in [0.25, 0.3) is 5.91 Å². The Bertz CT molecular complexity index is 526. The summed E-state index contributed by atoms with van der Waals surface area (Å²) >= 11 is 0. The van der Waals surface area contributed by atoms with Crippen LogP contribution < -0.4 is 0 Å². The lowest BCUT2D eigenvalue weighted by Gasteiger charge is -2.33. The number of hydrogen-bond acceptors (Lipinski definition) is 3. The number of piperidine rings is 1. The smallest absolute Gasteiger partial charge is 0.393 e. The first-order valence-corrected chi connectivity index (χ1v) is 5.93. The number of carbonyl (C=O) groups excluding carboxylic acids is 1. The Hall–Kier alpha value is -2.06. The highest BCUT2D eigenvalue weighted by Crippen LogP contribution is 2.33. The molecular weight excluding hydrogens is 279 g/mol. The van der Waals surface area contributed by atoms with Gasteiger partial charge in [0, 0.05) is 13.1 Å². The van der Waals surface area contributed by atoms with Crippen molar-refractivity contribution in [1.29, 1.82) is 0 Å². The van der Waals surface area contributed by atoms with E-state index in [-0.39, 0.29) is 25.1 Å². The molecule has 20 heavy (non-hydrogen) atoms. The average molecular weight is 291 g/mol. The van der Waals surface area contributed by atoms with Crippen LogP contribution in [0.3, 0.4) is 0 Å². The van der Waals surface area contributed by atoms with Crippen molar-refractivity contribution < 1.29 is 27.9 Å². The average Bonchev–Trinajstić information content (AvgIpc) is 2.86. The Balaban J connectivity index is 2.17. The van der Waals surface area contributed by atoms with Crippen LogP contribution in [0, 0.1) is 5.92 Å². The zero-order valence-electron chi connectivity index (χ0n) is 10.3. The quantitative estimate of drug-likeness (QED) is 0.865. The first-order valence-electron chi connectivity index (χ1n) is 5.93. The van der Waals surface area contributed by atoms with Crippen molar-refractivity contribution in [3.05, 3.63) is 17.7 Å². The molecule has 0 saturated carbocycles. The van der Waals surface area contributed by atoms with Crippen molar-refractivity contribution in [2.45, 2.75) is 19.0 Å². The van der Waals surface area contributed by atoms with Crippen molar-refractivity contribution in [1.82, 2.24) is 14.9 Å². The van der Waals surface area contributed by atoms with Gasteiger partial charge in [0.1, 0.15) is 0 Å². The van der Waals surface area contributed by atoms with Gasteiger partial charge in [0.15, 0.2) is 11.4 Å². The number of aromatic amines is 1. The number of carbonyl (C=O) groups is 2. The third kappa shape index (κ3) is 2.75. The minimum Gasteiger partial charge on any atom is -0.477 e. The summed E-state index contributed by atoms with van der Waals surface area (Å²) in [7, 11) is 0. The number of carboxylic acids is 1. The third-order valence-corrected chi connectivity index (χ3v) is 3.23. The number of likely N-dealkylation sites (tertiary alicyclic amines) is 1.